The first kappa shape index (κ1) is 18.0. The van der Waals surface area contributed by atoms with Crippen molar-refractivity contribution in [3.63, 3.8) is 0 Å². The third kappa shape index (κ3) is 3.69. The number of hydrogen-bond donors (Lipinski definition) is 1. The van der Waals surface area contributed by atoms with Gasteiger partial charge in [-0.3, -0.25) is 9.69 Å². The highest BCUT2D eigenvalue weighted by Gasteiger charge is 2.45. The maximum atomic E-state index is 11.7. The Morgan fingerprint density at radius 3 is 2.81 bits per heavy atom. The predicted molar refractivity (Wildman–Crippen MR) is 98.2 cm³/mol. The lowest BCUT2D eigenvalue weighted by molar-refractivity contribution is -0.143. The van der Waals surface area contributed by atoms with Gasteiger partial charge in [0.05, 0.1) is 13.2 Å². The van der Waals surface area contributed by atoms with Crippen LogP contribution in [0.4, 0.5) is 0 Å². The smallest absolute Gasteiger partial charge is 0.320 e. The Bertz CT molecular complexity index is 789. The van der Waals surface area contributed by atoms with E-state index in [1.54, 1.807) is 0 Å². The summed E-state index contributed by atoms with van der Waals surface area (Å²) in [4.78, 5) is 18.3. The minimum absolute atomic E-state index is 0.306. The molecule has 2 fully saturated rings. The van der Waals surface area contributed by atoms with Gasteiger partial charge in [-0.05, 0) is 56.4 Å². The molecule has 4 rings (SSSR count). The van der Waals surface area contributed by atoms with Gasteiger partial charge in [-0.25, -0.2) is 0 Å². The molecule has 144 valence electrons. The maximum absolute atomic E-state index is 11.7. The van der Waals surface area contributed by atoms with E-state index in [0.29, 0.717) is 36.8 Å². The number of fused-ring (bicyclic) bond motifs is 1. The van der Waals surface area contributed by atoms with E-state index in [9.17, 15) is 9.90 Å². The lowest BCUT2D eigenvalue weighted by Crippen LogP contribution is -2.41. The van der Waals surface area contributed by atoms with Crippen molar-refractivity contribution in [3.05, 3.63) is 30.2 Å². The minimum Gasteiger partial charge on any atom is -0.494 e. The average Bonchev–Trinajstić information content (AvgIpc) is 3.28. The Labute approximate surface area is 158 Å². The summed E-state index contributed by atoms with van der Waals surface area (Å²) in [6.45, 7) is 2.95. The van der Waals surface area contributed by atoms with E-state index in [1.165, 1.54) is 6.42 Å². The van der Waals surface area contributed by atoms with Crippen LogP contribution in [-0.2, 0) is 11.3 Å². The van der Waals surface area contributed by atoms with Crippen molar-refractivity contribution in [3.8, 4) is 17.1 Å². The van der Waals surface area contributed by atoms with E-state index in [-0.39, 0.29) is 0 Å². The maximum Gasteiger partial charge on any atom is 0.320 e. The number of benzene rings is 1. The van der Waals surface area contributed by atoms with Crippen molar-refractivity contribution in [2.24, 2.45) is 5.92 Å². The van der Waals surface area contributed by atoms with Crippen LogP contribution in [-0.4, -0.2) is 44.8 Å². The number of hydrogen-bond acceptors (Lipinski definition) is 6. The first-order valence-electron chi connectivity index (χ1n) is 9.70. The highest BCUT2D eigenvalue weighted by atomic mass is 16.5. The second-order valence-electron chi connectivity index (χ2n) is 7.34. The average molecular weight is 371 g/mol. The molecule has 7 heteroatoms. The molecule has 1 aromatic heterocycles. The Morgan fingerprint density at radius 2 is 2.07 bits per heavy atom. The topological polar surface area (TPSA) is 88.7 Å². The molecule has 1 aliphatic heterocycles. The molecule has 1 saturated carbocycles. The SMILES string of the molecule is CCOc1ccc(-c2noc(CN3C(C(=O)O)CC4CCCCC43)n2)cc1. The summed E-state index contributed by atoms with van der Waals surface area (Å²) < 4.78 is 10.9. The third-order valence-corrected chi connectivity index (χ3v) is 5.72. The van der Waals surface area contributed by atoms with Crippen LogP contribution >= 0.6 is 0 Å². The molecular formula is C20H25N3O4. The molecule has 1 aromatic carbocycles. The fourth-order valence-electron chi connectivity index (χ4n) is 4.48. The minimum atomic E-state index is -0.754. The molecule has 3 atom stereocenters. The number of nitrogens with zero attached hydrogens (tertiary/aromatic N) is 3. The Morgan fingerprint density at radius 1 is 1.30 bits per heavy atom. The fraction of sp³-hybridized carbons (Fsp3) is 0.550. The number of aliphatic carboxylic acids is 1. The molecule has 2 aliphatic rings. The zero-order valence-electron chi connectivity index (χ0n) is 15.5. The molecule has 27 heavy (non-hydrogen) atoms. The second-order valence-corrected chi connectivity index (χ2v) is 7.34. The van der Waals surface area contributed by atoms with E-state index < -0.39 is 12.0 Å². The van der Waals surface area contributed by atoms with Crippen molar-refractivity contribution >= 4 is 5.97 Å². The second kappa shape index (κ2) is 7.68. The van der Waals surface area contributed by atoms with Gasteiger partial charge in [0.1, 0.15) is 11.8 Å². The fourth-order valence-corrected chi connectivity index (χ4v) is 4.48. The molecule has 7 nitrogen and oxygen atoms in total. The largest absolute Gasteiger partial charge is 0.494 e. The quantitative estimate of drug-likeness (QED) is 0.833. The van der Waals surface area contributed by atoms with Gasteiger partial charge in [0, 0.05) is 11.6 Å². The predicted octanol–water partition coefficient (Wildman–Crippen LogP) is 3.35. The third-order valence-electron chi connectivity index (χ3n) is 5.72. The number of likely N-dealkylation sites (tertiary alicyclic amines) is 1. The molecule has 0 spiro atoms. The molecule has 1 aliphatic carbocycles. The van der Waals surface area contributed by atoms with Crippen LogP contribution in [0.15, 0.2) is 28.8 Å². The normalized spacial score (nSPS) is 25.3. The molecule has 0 radical (unpaired) electrons. The van der Waals surface area contributed by atoms with E-state index >= 15 is 0 Å². The Kier molecular flexibility index (Phi) is 5.11. The summed E-state index contributed by atoms with van der Waals surface area (Å²) in [5.41, 5.74) is 0.847. The molecule has 2 heterocycles. The number of carboxylic acid groups (broad SMARTS) is 1. The van der Waals surface area contributed by atoms with E-state index in [1.807, 2.05) is 31.2 Å². The van der Waals surface area contributed by atoms with Crippen LogP contribution in [0.1, 0.15) is 44.9 Å². The lowest BCUT2D eigenvalue weighted by atomic mass is 9.85. The van der Waals surface area contributed by atoms with Crippen LogP contribution < -0.4 is 4.74 Å². The summed E-state index contributed by atoms with van der Waals surface area (Å²) in [7, 11) is 0. The van der Waals surface area contributed by atoms with Crippen molar-refractivity contribution in [2.45, 2.75) is 57.7 Å². The Hall–Kier alpha value is -2.41. The summed E-state index contributed by atoms with van der Waals surface area (Å²) in [5, 5.41) is 13.7. The summed E-state index contributed by atoms with van der Waals surface area (Å²) in [5.74, 6) is 1.49. The van der Waals surface area contributed by atoms with Crippen LogP contribution in [0, 0.1) is 5.92 Å². The summed E-state index contributed by atoms with van der Waals surface area (Å²) in [6.07, 6.45) is 5.25. The number of carboxylic acids is 1. The molecule has 2 aromatic rings. The first-order valence-corrected chi connectivity index (χ1v) is 9.70. The van der Waals surface area contributed by atoms with Gasteiger partial charge in [0.25, 0.3) is 0 Å². The highest BCUT2D eigenvalue weighted by molar-refractivity contribution is 5.74. The van der Waals surface area contributed by atoms with E-state index in [0.717, 1.165) is 37.0 Å². The van der Waals surface area contributed by atoms with Crippen LogP contribution in [0.2, 0.25) is 0 Å². The van der Waals surface area contributed by atoms with Crippen molar-refractivity contribution in [2.75, 3.05) is 6.61 Å². The van der Waals surface area contributed by atoms with Gasteiger partial charge in [-0.1, -0.05) is 18.0 Å². The van der Waals surface area contributed by atoms with Crippen LogP contribution in [0.5, 0.6) is 5.75 Å². The molecular weight excluding hydrogens is 346 g/mol. The van der Waals surface area contributed by atoms with Gasteiger partial charge in [0.2, 0.25) is 11.7 Å². The van der Waals surface area contributed by atoms with Crippen LogP contribution in [0.3, 0.4) is 0 Å². The highest BCUT2D eigenvalue weighted by Crippen LogP contribution is 2.40. The van der Waals surface area contributed by atoms with E-state index in [4.69, 9.17) is 9.26 Å². The van der Waals surface area contributed by atoms with Gasteiger partial charge >= 0.3 is 5.97 Å². The number of ether oxygens (including phenoxy) is 1. The summed E-state index contributed by atoms with van der Waals surface area (Å²) >= 11 is 0. The zero-order chi connectivity index (χ0) is 18.8. The Balaban J connectivity index is 1.50. The summed E-state index contributed by atoms with van der Waals surface area (Å²) in [6, 6.07) is 7.39. The molecule has 0 amide bonds. The molecule has 1 saturated heterocycles. The van der Waals surface area contributed by atoms with E-state index in [2.05, 4.69) is 15.0 Å². The molecule has 1 N–H and O–H groups in total. The van der Waals surface area contributed by atoms with Crippen LogP contribution in [0.25, 0.3) is 11.4 Å². The van der Waals surface area contributed by atoms with Crippen molar-refractivity contribution < 1.29 is 19.2 Å². The monoisotopic (exact) mass is 371 g/mol. The van der Waals surface area contributed by atoms with Gasteiger partial charge in [0.15, 0.2) is 0 Å². The van der Waals surface area contributed by atoms with Gasteiger partial charge in [-0.15, -0.1) is 0 Å². The molecule has 0 bridgehead atoms. The lowest BCUT2D eigenvalue weighted by Gasteiger charge is -2.31. The molecule has 3 unspecified atom stereocenters. The zero-order valence-corrected chi connectivity index (χ0v) is 15.5. The van der Waals surface area contributed by atoms with Crippen molar-refractivity contribution in [1.29, 1.82) is 0 Å². The standard InChI is InChI=1S/C20H25N3O4/c1-2-26-15-9-7-13(8-10-15)19-21-18(27-22-19)12-23-16-6-4-3-5-14(16)11-17(23)20(24)25/h7-10,14,16-17H,2-6,11-12H2,1H3,(H,24,25). The van der Waals surface area contributed by atoms with Crippen molar-refractivity contribution in [1.82, 2.24) is 15.0 Å². The first-order chi connectivity index (χ1) is 13.2. The number of aromatic nitrogens is 2. The number of rotatable bonds is 6. The number of carbonyl (C=O) groups is 1. The van der Waals surface area contributed by atoms with Gasteiger partial charge < -0.3 is 14.4 Å². The van der Waals surface area contributed by atoms with Gasteiger partial charge in [-0.2, -0.15) is 4.98 Å².